The number of anilines is 1. The fourth-order valence-electron chi connectivity index (χ4n) is 2.82. The van der Waals surface area contributed by atoms with E-state index in [4.69, 9.17) is 5.73 Å². The van der Waals surface area contributed by atoms with E-state index < -0.39 is 0 Å². The van der Waals surface area contributed by atoms with Crippen molar-refractivity contribution in [1.29, 1.82) is 0 Å². The largest absolute Gasteiger partial charge is 0.361 e. The zero-order valence-electron chi connectivity index (χ0n) is 10.5. The van der Waals surface area contributed by atoms with Gasteiger partial charge in [-0.1, -0.05) is 12.1 Å². The molecule has 1 aliphatic rings. The maximum absolute atomic E-state index is 5.69. The Morgan fingerprint density at radius 3 is 3.17 bits per heavy atom. The van der Waals surface area contributed by atoms with Gasteiger partial charge in [0.25, 0.3) is 0 Å². The first-order chi connectivity index (χ1) is 8.88. The molecule has 1 aliphatic heterocycles. The molecule has 2 aromatic rings. The lowest BCUT2D eigenvalue weighted by Gasteiger charge is -2.33. The Morgan fingerprint density at radius 1 is 1.39 bits per heavy atom. The van der Waals surface area contributed by atoms with Crippen molar-refractivity contribution in [3.63, 3.8) is 0 Å². The van der Waals surface area contributed by atoms with Crippen LogP contribution in [0.25, 0.3) is 10.9 Å². The smallest absolute Gasteiger partial charge is 0.119 e. The second kappa shape index (κ2) is 5.24. The number of hydrogen-bond acceptors (Lipinski definition) is 4. The van der Waals surface area contributed by atoms with Crippen LogP contribution in [0.3, 0.4) is 0 Å². The van der Waals surface area contributed by atoms with Gasteiger partial charge in [0.15, 0.2) is 0 Å². The lowest BCUT2D eigenvalue weighted by molar-refractivity contribution is 0.397. The van der Waals surface area contributed by atoms with Gasteiger partial charge in [0, 0.05) is 18.5 Å². The van der Waals surface area contributed by atoms with Gasteiger partial charge in [-0.2, -0.15) is 4.37 Å². The molecule has 1 atom stereocenters. The summed E-state index contributed by atoms with van der Waals surface area (Å²) in [6, 6.07) is 8.43. The predicted molar refractivity (Wildman–Crippen MR) is 78.2 cm³/mol. The third-order valence-corrected chi connectivity index (χ3v) is 4.69. The molecule has 96 valence electrons. The Labute approximate surface area is 112 Å². The molecular formula is C14H19N3S. The summed E-state index contributed by atoms with van der Waals surface area (Å²) < 4.78 is 4.54. The average Bonchev–Trinajstić information content (AvgIpc) is 2.83. The molecule has 1 aromatic heterocycles. The second-order valence-corrected chi connectivity index (χ2v) is 5.79. The highest BCUT2D eigenvalue weighted by Gasteiger charge is 2.22. The van der Waals surface area contributed by atoms with Gasteiger partial charge in [0.05, 0.1) is 5.52 Å². The number of hydrogen-bond donors (Lipinski definition) is 1. The van der Waals surface area contributed by atoms with Crippen LogP contribution in [0.1, 0.15) is 19.3 Å². The SMILES string of the molecule is NCCC1CCCN(c2snc3ccccc23)C1. The first kappa shape index (κ1) is 11.9. The van der Waals surface area contributed by atoms with Crippen molar-refractivity contribution >= 4 is 27.4 Å². The summed E-state index contributed by atoms with van der Waals surface area (Å²) in [5, 5.41) is 2.64. The van der Waals surface area contributed by atoms with E-state index in [-0.39, 0.29) is 0 Å². The summed E-state index contributed by atoms with van der Waals surface area (Å²) in [6.45, 7) is 3.11. The van der Waals surface area contributed by atoms with E-state index in [9.17, 15) is 0 Å². The summed E-state index contributed by atoms with van der Waals surface area (Å²) in [6.07, 6.45) is 3.74. The van der Waals surface area contributed by atoms with Crippen LogP contribution in [0.5, 0.6) is 0 Å². The number of fused-ring (bicyclic) bond motifs is 1. The predicted octanol–water partition coefficient (Wildman–Crippen LogP) is 2.86. The summed E-state index contributed by atoms with van der Waals surface area (Å²) in [5.41, 5.74) is 6.81. The molecule has 4 heteroatoms. The lowest BCUT2D eigenvalue weighted by atomic mass is 9.95. The van der Waals surface area contributed by atoms with Gasteiger partial charge in [-0.25, -0.2) is 0 Å². The second-order valence-electron chi connectivity index (χ2n) is 5.04. The van der Waals surface area contributed by atoms with Crippen LogP contribution in [-0.2, 0) is 0 Å². The summed E-state index contributed by atoms with van der Waals surface area (Å²) >= 11 is 1.63. The van der Waals surface area contributed by atoms with Crippen molar-refractivity contribution in [3.8, 4) is 0 Å². The molecule has 2 N–H and O–H groups in total. The molecule has 2 heterocycles. The fourth-order valence-corrected chi connectivity index (χ4v) is 3.72. The van der Waals surface area contributed by atoms with E-state index in [0.29, 0.717) is 0 Å². The minimum Gasteiger partial charge on any atom is -0.361 e. The van der Waals surface area contributed by atoms with E-state index in [1.54, 1.807) is 11.5 Å². The molecule has 1 unspecified atom stereocenters. The Balaban J connectivity index is 1.85. The third-order valence-electron chi connectivity index (χ3n) is 3.75. The first-order valence-electron chi connectivity index (χ1n) is 6.68. The van der Waals surface area contributed by atoms with Crippen molar-refractivity contribution in [2.24, 2.45) is 11.7 Å². The van der Waals surface area contributed by atoms with Crippen LogP contribution in [-0.4, -0.2) is 24.0 Å². The molecule has 1 saturated heterocycles. The number of benzene rings is 1. The number of nitrogens with zero attached hydrogens (tertiary/aromatic N) is 2. The highest BCUT2D eigenvalue weighted by Crippen LogP contribution is 2.34. The zero-order chi connectivity index (χ0) is 12.4. The van der Waals surface area contributed by atoms with Crippen LogP contribution < -0.4 is 10.6 Å². The molecule has 0 spiro atoms. The molecule has 0 radical (unpaired) electrons. The van der Waals surface area contributed by atoms with Gasteiger partial charge in [0.1, 0.15) is 5.00 Å². The van der Waals surface area contributed by atoms with Gasteiger partial charge in [-0.05, 0) is 55.4 Å². The number of nitrogens with two attached hydrogens (primary N) is 1. The topological polar surface area (TPSA) is 42.1 Å². The summed E-state index contributed by atoms with van der Waals surface area (Å²) in [5.74, 6) is 0.754. The summed E-state index contributed by atoms with van der Waals surface area (Å²) in [7, 11) is 0. The van der Waals surface area contributed by atoms with E-state index in [1.165, 1.54) is 23.2 Å². The molecule has 3 nitrogen and oxygen atoms in total. The molecule has 0 saturated carbocycles. The molecular weight excluding hydrogens is 242 g/mol. The van der Waals surface area contributed by atoms with Crippen molar-refractivity contribution < 1.29 is 0 Å². The van der Waals surface area contributed by atoms with Crippen LogP contribution >= 0.6 is 11.5 Å². The number of rotatable bonds is 3. The zero-order valence-corrected chi connectivity index (χ0v) is 11.3. The Hall–Kier alpha value is -1.13. The van der Waals surface area contributed by atoms with Crippen molar-refractivity contribution in [2.75, 3.05) is 24.5 Å². The molecule has 1 aromatic carbocycles. The molecule has 1 fully saturated rings. The first-order valence-corrected chi connectivity index (χ1v) is 7.45. The molecule has 3 rings (SSSR count). The van der Waals surface area contributed by atoms with Gasteiger partial charge >= 0.3 is 0 Å². The maximum Gasteiger partial charge on any atom is 0.119 e. The Morgan fingerprint density at radius 2 is 2.28 bits per heavy atom. The molecule has 0 bridgehead atoms. The van der Waals surface area contributed by atoms with E-state index >= 15 is 0 Å². The van der Waals surface area contributed by atoms with E-state index in [2.05, 4.69) is 33.5 Å². The van der Waals surface area contributed by atoms with E-state index in [1.807, 2.05) is 0 Å². The van der Waals surface area contributed by atoms with Crippen LogP contribution in [0, 0.1) is 5.92 Å². The minimum atomic E-state index is 0.754. The van der Waals surface area contributed by atoms with Crippen LogP contribution in [0.4, 0.5) is 5.00 Å². The molecule has 0 aliphatic carbocycles. The Bertz CT molecular complexity index is 520. The standard InChI is InChI=1S/C14H19N3S/c15-8-7-11-4-3-9-17(10-11)14-12-5-1-2-6-13(12)16-18-14/h1-2,5-6,11H,3-4,7-10,15H2. The van der Waals surface area contributed by atoms with Crippen molar-refractivity contribution in [2.45, 2.75) is 19.3 Å². The normalized spacial score (nSPS) is 20.5. The van der Waals surface area contributed by atoms with Crippen LogP contribution in [0.2, 0.25) is 0 Å². The fraction of sp³-hybridized carbons (Fsp3) is 0.500. The number of aromatic nitrogens is 1. The maximum atomic E-state index is 5.69. The van der Waals surface area contributed by atoms with Gasteiger partial charge in [-0.3, -0.25) is 0 Å². The third kappa shape index (κ3) is 2.22. The van der Waals surface area contributed by atoms with E-state index in [0.717, 1.165) is 37.5 Å². The van der Waals surface area contributed by atoms with Gasteiger partial charge < -0.3 is 10.6 Å². The highest BCUT2D eigenvalue weighted by molar-refractivity contribution is 7.11. The van der Waals surface area contributed by atoms with Gasteiger partial charge in [-0.15, -0.1) is 0 Å². The lowest BCUT2D eigenvalue weighted by Crippen LogP contribution is -2.35. The van der Waals surface area contributed by atoms with Crippen molar-refractivity contribution in [1.82, 2.24) is 4.37 Å². The van der Waals surface area contributed by atoms with Crippen LogP contribution in [0.15, 0.2) is 24.3 Å². The number of piperidine rings is 1. The highest BCUT2D eigenvalue weighted by atomic mass is 32.1. The van der Waals surface area contributed by atoms with Crippen molar-refractivity contribution in [3.05, 3.63) is 24.3 Å². The van der Waals surface area contributed by atoms with Gasteiger partial charge in [0.2, 0.25) is 0 Å². The quantitative estimate of drug-likeness (QED) is 0.923. The minimum absolute atomic E-state index is 0.754. The summed E-state index contributed by atoms with van der Waals surface area (Å²) in [4.78, 5) is 2.50. The average molecular weight is 261 g/mol. The Kier molecular flexibility index (Phi) is 3.48. The monoisotopic (exact) mass is 261 g/mol. The molecule has 0 amide bonds. The molecule has 18 heavy (non-hydrogen) atoms.